The molecule has 1 aromatic heterocycles. The van der Waals surface area contributed by atoms with Crippen LogP contribution in [0.2, 0.25) is 0 Å². The van der Waals surface area contributed by atoms with Gasteiger partial charge >= 0.3 is 0 Å². The third kappa shape index (κ3) is 4.51. The Morgan fingerprint density at radius 3 is 1.75 bits per heavy atom. The molecule has 4 heteroatoms. The van der Waals surface area contributed by atoms with Crippen molar-refractivity contribution in [3.63, 3.8) is 0 Å². The number of aromatic nitrogens is 2. The maximum Gasteiger partial charge on any atom is 0.0451 e. The summed E-state index contributed by atoms with van der Waals surface area (Å²) in [5, 5.41) is 1.99. The van der Waals surface area contributed by atoms with Gasteiger partial charge in [0, 0.05) is 31.0 Å². The normalized spacial score (nSPS) is 12.7. The van der Waals surface area contributed by atoms with Crippen LogP contribution in [0.3, 0.4) is 0 Å². The van der Waals surface area contributed by atoms with Crippen LogP contribution in [0, 0.1) is 0 Å². The van der Waals surface area contributed by atoms with Gasteiger partial charge in [0.15, 0.2) is 0 Å². The van der Waals surface area contributed by atoms with Crippen molar-refractivity contribution in [2.24, 2.45) is 0 Å². The maximum atomic E-state index is 3.72. The molecule has 2 heterocycles. The lowest BCUT2D eigenvalue weighted by Gasteiger charge is -1.93. The standard InChI is InChI=1S/C4H4N2.C4H5NS/c1-2-6-4-3-5-1;1-2-4-6-5-3-1/h1-4H;1-5H. The van der Waals surface area contributed by atoms with E-state index in [1.54, 1.807) is 36.7 Å². The van der Waals surface area contributed by atoms with Gasteiger partial charge in [-0.1, -0.05) is 6.08 Å². The van der Waals surface area contributed by atoms with E-state index in [-0.39, 0.29) is 0 Å². The summed E-state index contributed by atoms with van der Waals surface area (Å²) in [7, 11) is 0. The number of allylic oxidation sites excluding steroid dienone is 2. The van der Waals surface area contributed by atoms with Crippen LogP contribution in [-0.2, 0) is 0 Å². The number of nitrogens with one attached hydrogen (secondary N) is 1. The monoisotopic (exact) mass is 179 g/mol. The van der Waals surface area contributed by atoms with Gasteiger partial charge in [0.05, 0.1) is 0 Å². The van der Waals surface area contributed by atoms with Crippen molar-refractivity contribution in [1.82, 2.24) is 14.7 Å². The molecule has 1 N–H and O–H groups in total. The van der Waals surface area contributed by atoms with Crippen molar-refractivity contribution in [2.45, 2.75) is 0 Å². The Balaban J connectivity index is 0.000000120. The molecule has 0 saturated carbocycles. The molecule has 0 aromatic carbocycles. The predicted octanol–water partition coefficient (Wildman–Crippen LogP) is 1.74. The first-order chi connectivity index (χ1) is 6.00. The number of hydrogen-bond acceptors (Lipinski definition) is 4. The molecule has 62 valence electrons. The van der Waals surface area contributed by atoms with Crippen LogP contribution >= 0.6 is 11.9 Å². The zero-order valence-electron chi connectivity index (χ0n) is 6.42. The number of hydrogen-bond donors (Lipinski definition) is 1. The molecule has 3 nitrogen and oxygen atoms in total. The average molecular weight is 179 g/mol. The summed E-state index contributed by atoms with van der Waals surface area (Å²) < 4.78 is 2.93. The van der Waals surface area contributed by atoms with Crippen LogP contribution in [0.5, 0.6) is 0 Å². The highest BCUT2D eigenvalue weighted by molar-refractivity contribution is 8.00. The van der Waals surface area contributed by atoms with E-state index in [1.165, 1.54) is 0 Å². The van der Waals surface area contributed by atoms with Gasteiger partial charge < -0.3 is 4.72 Å². The number of rotatable bonds is 0. The van der Waals surface area contributed by atoms with Crippen molar-refractivity contribution < 1.29 is 0 Å². The van der Waals surface area contributed by atoms with Crippen molar-refractivity contribution >= 4 is 11.9 Å². The molecular weight excluding hydrogens is 170 g/mol. The van der Waals surface area contributed by atoms with Crippen molar-refractivity contribution in [3.05, 3.63) is 48.5 Å². The van der Waals surface area contributed by atoms with Gasteiger partial charge in [0.2, 0.25) is 0 Å². The van der Waals surface area contributed by atoms with Crippen LogP contribution < -0.4 is 4.72 Å². The minimum Gasteiger partial charge on any atom is -0.333 e. The summed E-state index contributed by atoms with van der Waals surface area (Å²) in [6, 6.07) is 0. The second-order valence-electron chi connectivity index (χ2n) is 1.82. The predicted molar refractivity (Wildman–Crippen MR) is 51.0 cm³/mol. The molecule has 2 rings (SSSR count). The molecule has 0 fully saturated rings. The first-order valence-electron chi connectivity index (χ1n) is 3.43. The van der Waals surface area contributed by atoms with Gasteiger partial charge in [-0.15, -0.1) is 0 Å². The molecular formula is C8H9N3S. The van der Waals surface area contributed by atoms with Crippen molar-refractivity contribution in [3.8, 4) is 0 Å². The zero-order chi connectivity index (χ0) is 8.49. The Morgan fingerprint density at radius 1 is 0.917 bits per heavy atom. The molecule has 0 amide bonds. The Kier molecular flexibility index (Phi) is 4.71. The highest BCUT2D eigenvalue weighted by atomic mass is 32.2. The highest BCUT2D eigenvalue weighted by Crippen LogP contribution is 1.98. The fraction of sp³-hybridized carbons (Fsp3) is 0. The van der Waals surface area contributed by atoms with Gasteiger partial charge in [-0.25, -0.2) is 0 Å². The van der Waals surface area contributed by atoms with Crippen molar-refractivity contribution in [1.29, 1.82) is 0 Å². The molecule has 12 heavy (non-hydrogen) atoms. The lowest BCUT2D eigenvalue weighted by molar-refractivity contribution is 1.20. The lowest BCUT2D eigenvalue weighted by atomic mass is 10.6. The topological polar surface area (TPSA) is 37.8 Å². The van der Waals surface area contributed by atoms with Crippen LogP contribution in [0.25, 0.3) is 0 Å². The SMILES string of the molecule is C1=CNSC=C1.c1cnccn1. The summed E-state index contributed by atoms with van der Waals surface area (Å²) in [6.45, 7) is 0. The van der Waals surface area contributed by atoms with Gasteiger partial charge in [-0.05, 0) is 23.4 Å². The maximum absolute atomic E-state index is 3.72. The molecule has 0 radical (unpaired) electrons. The third-order valence-corrected chi connectivity index (χ3v) is 1.53. The van der Waals surface area contributed by atoms with E-state index in [9.17, 15) is 0 Å². The van der Waals surface area contributed by atoms with E-state index < -0.39 is 0 Å². The fourth-order valence-electron chi connectivity index (χ4n) is 0.511. The molecule has 0 saturated heterocycles. The summed E-state index contributed by atoms with van der Waals surface area (Å²) in [4.78, 5) is 7.44. The van der Waals surface area contributed by atoms with Crippen LogP contribution in [0.1, 0.15) is 0 Å². The molecule has 0 spiro atoms. The van der Waals surface area contributed by atoms with Crippen LogP contribution in [0.15, 0.2) is 48.5 Å². The minimum atomic E-state index is 1.58. The van der Waals surface area contributed by atoms with Gasteiger partial charge in [-0.3, -0.25) is 9.97 Å². The van der Waals surface area contributed by atoms with Gasteiger partial charge in [-0.2, -0.15) is 0 Å². The summed E-state index contributed by atoms with van der Waals surface area (Å²) >= 11 is 1.58. The van der Waals surface area contributed by atoms with E-state index >= 15 is 0 Å². The molecule has 0 unspecified atom stereocenters. The molecule has 0 atom stereocenters. The molecule has 1 aliphatic rings. The molecule has 1 aromatic rings. The van der Waals surface area contributed by atoms with E-state index in [4.69, 9.17) is 0 Å². The van der Waals surface area contributed by atoms with Crippen LogP contribution in [-0.4, -0.2) is 9.97 Å². The van der Waals surface area contributed by atoms with E-state index in [1.807, 2.05) is 23.8 Å². The third-order valence-electron chi connectivity index (χ3n) is 0.968. The van der Waals surface area contributed by atoms with Gasteiger partial charge in [0.25, 0.3) is 0 Å². The molecule has 1 aliphatic heterocycles. The summed E-state index contributed by atoms with van der Waals surface area (Å²) in [6.07, 6.45) is 12.4. The Labute approximate surface area is 75.8 Å². The van der Waals surface area contributed by atoms with E-state index in [0.717, 1.165) is 0 Å². The van der Waals surface area contributed by atoms with E-state index in [2.05, 4.69) is 14.7 Å². The first kappa shape index (κ1) is 8.80. The lowest BCUT2D eigenvalue weighted by Crippen LogP contribution is -1.88. The van der Waals surface area contributed by atoms with Crippen molar-refractivity contribution in [2.75, 3.05) is 0 Å². The highest BCUT2D eigenvalue weighted by Gasteiger charge is 1.74. The fourth-order valence-corrected chi connectivity index (χ4v) is 0.916. The van der Waals surface area contributed by atoms with Crippen LogP contribution in [0.4, 0.5) is 0 Å². The second kappa shape index (κ2) is 6.42. The molecule has 0 bridgehead atoms. The minimum absolute atomic E-state index is 1.58. The first-order valence-corrected chi connectivity index (χ1v) is 4.31. The number of nitrogens with zero attached hydrogens (tertiary/aromatic N) is 2. The quantitative estimate of drug-likeness (QED) is 0.616. The second-order valence-corrected chi connectivity index (χ2v) is 2.56. The summed E-state index contributed by atoms with van der Waals surface area (Å²) in [5.74, 6) is 0. The smallest absolute Gasteiger partial charge is 0.0451 e. The Bertz CT molecular complexity index is 207. The Hall–Kier alpha value is -1.29. The average Bonchev–Trinajstić information content (AvgIpc) is 2.24. The van der Waals surface area contributed by atoms with Gasteiger partial charge in [0.1, 0.15) is 0 Å². The molecule has 0 aliphatic carbocycles. The Morgan fingerprint density at radius 2 is 1.58 bits per heavy atom. The summed E-state index contributed by atoms with van der Waals surface area (Å²) in [5.41, 5.74) is 0. The zero-order valence-corrected chi connectivity index (χ0v) is 7.24. The van der Waals surface area contributed by atoms with E-state index in [0.29, 0.717) is 0 Å². The largest absolute Gasteiger partial charge is 0.333 e.